The number of amides is 1. The Labute approximate surface area is 114 Å². The van der Waals surface area contributed by atoms with Gasteiger partial charge in [0.2, 0.25) is 0 Å². The van der Waals surface area contributed by atoms with E-state index in [0.717, 1.165) is 23.5 Å². The zero-order valence-corrected chi connectivity index (χ0v) is 11.5. The van der Waals surface area contributed by atoms with Gasteiger partial charge in [0.1, 0.15) is 10.6 Å². The lowest BCUT2D eigenvalue weighted by atomic mass is 10.3. The molecule has 18 heavy (non-hydrogen) atoms. The van der Waals surface area contributed by atoms with Gasteiger partial charge in [-0.25, -0.2) is 13.8 Å². The summed E-state index contributed by atoms with van der Waals surface area (Å²) in [4.78, 5) is 15.9. The Kier molecular flexibility index (Phi) is 3.72. The summed E-state index contributed by atoms with van der Waals surface area (Å²) in [6, 6.07) is 2.16. The molecule has 0 saturated carbocycles. The SMILES string of the molecule is Cc1ncc(C(=O)Nc2c(F)cc(Br)cc2F)s1. The number of aryl methyl sites for hydroxylation is 1. The van der Waals surface area contributed by atoms with E-state index >= 15 is 0 Å². The maximum Gasteiger partial charge on any atom is 0.267 e. The molecule has 1 aromatic heterocycles. The zero-order valence-electron chi connectivity index (χ0n) is 9.13. The molecule has 0 aliphatic heterocycles. The van der Waals surface area contributed by atoms with Gasteiger partial charge in [-0.05, 0) is 19.1 Å². The van der Waals surface area contributed by atoms with Crippen molar-refractivity contribution in [2.75, 3.05) is 5.32 Å². The lowest BCUT2D eigenvalue weighted by Crippen LogP contribution is -2.13. The van der Waals surface area contributed by atoms with E-state index in [-0.39, 0.29) is 4.47 Å². The summed E-state index contributed by atoms with van der Waals surface area (Å²) in [5.41, 5.74) is -0.464. The number of halogens is 3. The van der Waals surface area contributed by atoms with Gasteiger partial charge < -0.3 is 5.32 Å². The van der Waals surface area contributed by atoms with Crippen molar-refractivity contribution in [2.24, 2.45) is 0 Å². The first-order valence-corrected chi connectivity index (χ1v) is 6.46. The number of nitrogens with zero attached hydrogens (tertiary/aromatic N) is 1. The maximum atomic E-state index is 13.5. The van der Waals surface area contributed by atoms with Crippen molar-refractivity contribution in [2.45, 2.75) is 6.92 Å². The molecule has 0 spiro atoms. The molecule has 0 aliphatic carbocycles. The molecule has 94 valence electrons. The molecule has 0 atom stereocenters. The third-order valence-corrected chi connectivity index (χ3v) is 3.46. The summed E-state index contributed by atoms with van der Waals surface area (Å²) in [6.07, 6.45) is 1.37. The smallest absolute Gasteiger partial charge is 0.267 e. The number of carbonyl (C=O) groups is 1. The molecule has 0 unspecified atom stereocenters. The molecule has 0 saturated heterocycles. The minimum Gasteiger partial charge on any atom is -0.316 e. The van der Waals surface area contributed by atoms with Crippen LogP contribution >= 0.6 is 27.3 Å². The van der Waals surface area contributed by atoms with Crippen LogP contribution in [0.1, 0.15) is 14.7 Å². The van der Waals surface area contributed by atoms with E-state index in [2.05, 4.69) is 26.2 Å². The lowest BCUT2D eigenvalue weighted by molar-refractivity contribution is 0.102. The maximum absolute atomic E-state index is 13.5. The molecule has 1 aromatic carbocycles. The van der Waals surface area contributed by atoms with Crippen LogP contribution in [0.15, 0.2) is 22.8 Å². The highest BCUT2D eigenvalue weighted by atomic mass is 79.9. The van der Waals surface area contributed by atoms with Crippen LogP contribution in [0.2, 0.25) is 0 Å². The van der Waals surface area contributed by atoms with Gasteiger partial charge >= 0.3 is 0 Å². The summed E-state index contributed by atoms with van der Waals surface area (Å²) in [7, 11) is 0. The van der Waals surface area contributed by atoms with Gasteiger partial charge in [-0.15, -0.1) is 11.3 Å². The van der Waals surface area contributed by atoms with E-state index < -0.39 is 23.2 Å². The Bertz CT molecular complexity index is 592. The number of anilines is 1. The van der Waals surface area contributed by atoms with Crippen molar-refractivity contribution in [3.63, 3.8) is 0 Å². The number of hydrogen-bond acceptors (Lipinski definition) is 3. The number of aromatic nitrogens is 1. The Balaban J connectivity index is 2.27. The van der Waals surface area contributed by atoms with Crippen molar-refractivity contribution in [1.29, 1.82) is 0 Å². The molecule has 1 amide bonds. The van der Waals surface area contributed by atoms with Crippen LogP contribution in [-0.2, 0) is 0 Å². The number of rotatable bonds is 2. The summed E-state index contributed by atoms with van der Waals surface area (Å²) in [5, 5.41) is 2.90. The van der Waals surface area contributed by atoms with Gasteiger partial charge in [0.05, 0.1) is 11.2 Å². The Morgan fingerprint density at radius 1 is 1.39 bits per heavy atom. The Morgan fingerprint density at radius 3 is 2.50 bits per heavy atom. The largest absolute Gasteiger partial charge is 0.316 e. The highest BCUT2D eigenvalue weighted by Crippen LogP contribution is 2.24. The van der Waals surface area contributed by atoms with Crippen LogP contribution in [0, 0.1) is 18.6 Å². The number of carbonyl (C=O) groups excluding carboxylic acids is 1. The van der Waals surface area contributed by atoms with Crippen LogP contribution < -0.4 is 5.32 Å². The number of thiazole rings is 1. The number of hydrogen-bond donors (Lipinski definition) is 1. The molecule has 1 N–H and O–H groups in total. The van der Waals surface area contributed by atoms with Gasteiger partial charge in [0, 0.05) is 4.47 Å². The third kappa shape index (κ3) is 2.73. The zero-order chi connectivity index (χ0) is 13.3. The van der Waals surface area contributed by atoms with Crippen molar-refractivity contribution >= 4 is 38.9 Å². The second-order valence-corrected chi connectivity index (χ2v) is 5.59. The highest BCUT2D eigenvalue weighted by molar-refractivity contribution is 9.10. The Morgan fingerprint density at radius 2 is 2.00 bits per heavy atom. The number of benzene rings is 1. The quantitative estimate of drug-likeness (QED) is 0.910. The second kappa shape index (κ2) is 5.11. The molecule has 1 heterocycles. The lowest BCUT2D eigenvalue weighted by Gasteiger charge is -2.06. The number of nitrogens with one attached hydrogen (secondary N) is 1. The van der Waals surface area contributed by atoms with E-state index in [1.54, 1.807) is 6.92 Å². The molecule has 0 fully saturated rings. The van der Waals surface area contributed by atoms with Gasteiger partial charge in [-0.3, -0.25) is 4.79 Å². The van der Waals surface area contributed by atoms with Crippen LogP contribution in [0.4, 0.5) is 14.5 Å². The van der Waals surface area contributed by atoms with E-state index in [9.17, 15) is 13.6 Å². The first-order valence-electron chi connectivity index (χ1n) is 4.85. The molecule has 0 radical (unpaired) electrons. The molecular formula is C11H7BrF2N2OS. The van der Waals surface area contributed by atoms with Gasteiger partial charge in [-0.1, -0.05) is 15.9 Å². The van der Waals surface area contributed by atoms with Crippen LogP contribution in [0.3, 0.4) is 0 Å². The van der Waals surface area contributed by atoms with E-state index in [1.165, 1.54) is 6.20 Å². The average Bonchev–Trinajstić information content (AvgIpc) is 2.70. The molecule has 2 aromatic rings. The fourth-order valence-electron chi connectivity index (χ4n) is 1.30. The van der Waals surface area contributed by atoms with E-state index in [0.29, 0.717) is 9.88 Å². The van der Waals surface area contributed by atoms with E-state index in [1.807, 2.05) is 0 Å². The van der Waals surface area contributed by atoms with Crippen LogP contribution in [0.25, 0.3) is 0 Å². The molecular weight excluding hydrogens is 326 g/mol. The first-order chi connectivity index (χ1) is 8.47. The second-order valence-electron chi connectivity index (χ2n) is 3.44. The van der Waals surface area contributed by atoms with Gasteiger partial charge in [0.15, 0.2) is 11.6 Å². The van der Waals surface area contributed by atoms with Crippen molar-refractivity contribution in [3.05, 3.63) is 44.3 Å². The van der Waals surface area contributed by atoms with Crippen molar-refractivity contribution < 1.29 is 13.6 Å². The third-order valence-electron chi connectivity index (χ3n) is 2.09. The minimum atomic E-state index is -0.837. The summed E-state index contributed by atoms with van der Waals surface area (Å²) in [5.74, 6) is -2.26. The first kappa shape index (κ1) is 13.1. The summed E-state index contributed by atoms with van der Waals surface area (Å²) < 4.78 is 27.3. The summed E-state index contributed by atoms with van der Waals surface area (Å²) in [6.45, 7) is 1.74. The van der Waals surface area contributed by atoms with Gasteiger partial charge in [0.25, 0.3) is 5.91 Å². The fourth-order valence-corrected chi connectivity index (χ4v) is 2.38. The monoisotopic (exact) mass is 332 g/mol. The van der Waals surface area contributed by atoms with Crippen LogP contribution in [0.5, 0.6) is 0 Å². The summed E-state index contributed by atoms with van der Waals surface area (Å²) >= 11 is 4.11. The molecule has 7 heteroatoms. The average molecular weight is 333 g/mol. The fraction of sp³-hybridized carbons (Fsp3) is 0.0909. The Hall–Kier alpha value is -1.34. The molecule has 0 aliphatic rings. The predicted molar refractivity (Wildman–Crippen MR) is 68.9 cm³/mol. The topological polar surface area (TPSA) is 42.0 Å². The highest BCUT2D eigenvalue weighted by Gasteiger charge is 2.16. The standard InChI is InChI=1S/C11H7BrF2N2OS/c1-5-15-4-9(18-5)11(17)16-10-7(13)2-6(12)3-8(10)14/h2-4H,1H3,(H,16,17). The van der Waals surface area contributed by atoms with E-state index in [4.69, 9.17) is 0 Å². The molecule has 2 rings (SSSR count). The minimum absolute atomic E-state index is 0.268. The molecule has 3 nitrogen and oxygen atoms in total. The normalized spacial score (nSPS) is 10.4. The van der Waals surface area contributed by atoms with Crippen molar-refractivity contribution in [3.8, 4) is 0 Å². The molecule has 0 bridgehead atoms. The van der Waals surface area contributed by atoms with Crippen molar-refractivity contribution in [1.82, 2.24) is 4.98 Å². The predicted octanol–water partition coefficient (Wildman–Crippen LogP) is 3.74. The van der Waals surface area contributed by atoms with Crippen LogP contribution in [-0.4, -0.2) is 10.9 Å². The van der Waals surface area contributed by atoms with Gasteiger partial charge in [-0.2, -0.15) is 0 Å².